The number of carbonyl (C=O) groups is 2. The van der Waals surface area contributed by atoms with Crippen LogP contribution in [-0.2, 0) is 16.0 Å². The molecule has 3 aromatic rings. The summed E-state index contributed by atoms with van der Waals surface area (Å²) < 4.78 is 32.2. The Morgan fingerprint density at radius 2 is 2.07 bits per heavy atom. The number of para-hydroxylation sites is 2. The Hall–Kier alpha value is -3.33. The third-order valence-corrected chi connectivity index (χ3v) is 5.46. The molecule has 0 saturated heterocycles. The molecule has 0 bridgehead atoms. The van der Waals surface area contributed by atoms with E-state index in [1.807, 2.05) is 6.07 Å². The van der Waals surface area contributed by atoms with E-state index in [0.29, 0.717) is 22.1 Å². The summed E-state index contributed by atoms with van der Waals surface area (Å²) in [5.74, 6) is -1.14. The average Bonchev–Trinajstić information content (AvgIpc) is 3.16. The molecule has 0 saturated carbocycles. The topological polar surface area (TPSA) is 71.5 Å². The summed E-state index contributed by atoms with van der Waals surface area (Å²) in [5, 5.41) is 3.08. The Morgan fingerprint density at radius 1 is 1.23 bits per heavy atom. The maximum absolute atomic E-state index is 13.8. The lowest BCUT2D eigenvalue weighted by atomic mass is 10.1. The molecule has 2 amide bonds. The standard InChI is InChI=1S/C21H17F2N3O3S/c22-14-6-5-13(16(23)10-14)9-15-11-24-21(30-15)25-19(27)7-8-26-17-3-1-2-4-18(17)29-12-20(26)28/h1-6,10-11H,7-9,12H2,(H,24,25,27). The predicted octanol–water partition coefficient (Wildman–Crippen LogP) is 3.77. The molecule has 0 radical (unpaired) electrons. The predicted molar refractivity (Wildman–Crippen MR) is 109 cm³/mol. The van der Waals surface area contributed by atoms with Crippen molar-refractivity contribution in [3.8, 4) is 5.75 Å². The minimum Gasteiger partial charge on any atom is -0.482 e. The highest BCUT2D eigenvalue weighted by Gasteiger charge is 2.25. The maximum atomic E-state index is 13.8. The zero-order chi connectivity index (χ0) is 21.1. The van der Waals surface area contributed by atoms with Crippen molar-refractivity contribution >= 4 is 34.0 Å². The second kappa shape index (κ2) is 8.58. The molecule has 9 heteroatoms. The highest BCUT2D eigenvalue weighted by Crippen LogP contribution is 2.31. The number of rotatable bonds is 6. The van der Waals surface area contributed by atoms with Gasteiger partial charge in [-0.05, 0) is 23.8 Å². The van der Waals surface area contributed by atoms with Crippen LogP contribution in [0.25, 0.3) is 0 Å². The number of halogens is 2. The Labute approximate surface area is 175 Å². The number of thiazole rings is 1. The Bertz CT molecular complexity index is 1100. The fraction of sp³-hybridized carbons (Fsp3) is 0.190. The lowest BCUT2D eigenvalue weighted by Crippen LogP contribution is -2.40. The molecule has 6 nitrogen and oxygen atoms in total. The third-order valence-electron chi connectivity index (χ3n) is 4.55. The van der Waals surface area contributed by atoms with Gasteiger partial charge >= 0.3 is 0 Å². The summed E-state index contributed by atoms with van der Waals surface area (Å²) in [5.41, 5.74) is 0.988. The van der Waals surface area contributed by atoms with Gasteiger partial charge < -0.3 is 15.0 Å². The van der Waals surface area contributed by atoms with Crippen molar-refractivity contribution in [1.82, 2.24) is 4.98 Å². The molecule has 4 rings (SSSR count). The second-order valence-electron chi connectivity index (χ2n) is 6.64. The average molecular weight is 429 g/mol. The molecular formula is C21H17F2N3O3S. The van der Waals surface area contributed by atoms with Crippen LogP contribution in [0.2, 0.25) is 0 Å². The lowest BCUT2D eigenvalue weighted by Gasteiger charge is -2.29. The monoisotopic (exact) mass is 429 g/mol. The molecule has 30 heavy (non-hydrogen) atoms. The van der Waals surface area contributed by atoms with Gasteiger partial charge in [0.1, 0.15) is 17.4 Å². The fourth-order valence-electron chi connectivity index (χ4n) is 3.09. The largest absolute Gasteiger partial charge is 0.482 e. The van der Waals surface area contributed by atoms with E-state index >= 15 is 0 Å². The van der Waals surface area contributed by atoms with E-state index in [4.69, 9.17) is 4.74 Å². The molecule has 1 aromatic heterocycles. The third kappa shape index (κ3) is 4.46. The number of nitrogens with zero attached hydrogens (tertiary/aromatic N) is 2. The first-order chi connectivity index (χ1) is 14.5. The minimum atomic E-state index is -0.630. The molecule has 0 unspecified atom stereocenters. The van der Waals surface area contributed by atoms with Crippen molar-refractivity contribution in [1.29, 1.82) is 0 Å². The number of anilines is 2. The van der Waals surface area contributed by atoms with Crippen LogP contribution in [-0.4, -0.2) is 29.9 Å². The smallest absolute Gasteiger partial charge is 0.265 e. The van der Waals surface area contributed by atoms with Crippen LogP contribution in [0.4, 0.5) is 19.6 Å². The Morgan fingerprint density at radius 3 is 2.90 bits per heavy atom. The first kappa shape index (κ1) is 20.0. The van der Waals surface area contributed by atoms with Gasteiger partial charge in [0, 0.05) is 36.5 Å². The van der Waals surface area contributed by atoms with Gasteiger partial charge in [0.15, 0.2) is 11.7 Å². The van der Waals surface area contributed by atoms with Gasteiger partial charge in [-0.2, -0.15) is 0 Å². The Balaban J connectivity index is 1.34. The van der Waals surface area contributed by atoms with Crippen LogP contribution in [0.1, 0.15) is 16.9 Å². The van der Waals surface area contributed by atoms with Gasteiger partial charge in [-0.1, -0.05) is 18.2 Å². The molecule has 0 aliphatic carbocycles. The van der Waals surface area contributed by atoms with Crippen LogP contribution in [0.3, 0.4) is 0 Å². The molecule has 2 heterocycles. The minimum absolute atomic E-state index is 0.0611. The van der Waals surface area contributed by atoms with Crippen molar-refractivity contribution in [2.75, 3.05) is 23.4 Å². The van der Waals surface area contributed by atoms with Gasteiger partial charge in [-0.3, -0.25) is 9.59 Å². The highest BCUT2D eigenvalue weighted by atomic mass is 32.1. The van der Waals surface area contributed by atoms with Crippen molar-refractivity contribution in [3.63, 3.8) is 0 Å². The van der Waals surface area contributed by atoms with Gasteiger partial charge in [-0.15, -0.1) is 11.3 Å². The number of ether oxygens (including phenoxy) is 1. The van der Waals surface area contributed by atoms with Crippen molar-refractivity contribution in [2.24, 2.45) is 0 Å². The quantitative estimate of drug-likeness (QED) is 0.648. The van der Waals surface area contributed by atoms with Crippen LogP contribution in [0.15, 0.2) is 48.7 Å². The van der Waals surface area contributed by atoms with Crippen molar-refractivity contribution in [3.05, 3.63) is 70.7 Å². The molecule has 1 aliphatic heterocycles. The van der Waals surface area contributed by atoms with Crippen LogP contribution < -0.4 is 15.0 Å². The second-order valence-corrected chi connectivity index (χ2v) is 7.76. The summed E-state index contributed by atoms with van der Waals surface area (Å²) in [4.78, 5) is 30.9. The van der Waals surface area contributed by atoms with E-state index in [2.05, 4.69) is 10.3 Å². The number of fused-ring (bicyclic) bond motifs is 1. The number of hydrogen-bond donors (Lipinski definition) is 1. The van der Waals surface area contributed by atoms with Gasteiger partial charge in [0.05, 0.1) is 5.69 Å². The van der Waals surface area contributed by atoms with E-state index in [9.17, 15) is 18.4 Å². The highest BCUT2D eigenvalue weighted by molar-refractivity contribution is 7.15. The van der Waals surface area contributed by atoms with E-state index in [-0.39, 0.29) is 37.8 Å². The molecule has 0 fully saturated rings. The normalized spacial score (nSPS) is 13.0. The molecule has 154 valence electrons. The first-order valence-electron chi connectivity index (χ1n) is 9.20. The van der Waals surface area contributed by atoms with Gasteiger partial charge in [0.2, 0.25) is 5.91 Å². The van der Waals surface area contributed by atoms with Gasteiger partial charge in [-0.25, -0.2) is 13.8 Å². The van der Waals surface area contributed by atoms with Crippen LogP contribution in [0, 0.1) is 11.6 Å². The van der Waals surface area contributed by atoms with E-state index < -0.39 is 11.6 Å². The maximum Gasteiger partial charge on any atom is 0.265 e. The van der Waals surface area contributed by atoms with E-state index in [1.165, 1.54) is 28.4 Å². The number of amides is 2. The van der Waals surface area contributed by atoms with Crippen LogP contribution >= 0.6 is 11.3 Å². The number of benzene rings is 2. The molecular weight excluding hydrogens is 412 g/mol. The summed E-state index contributed by atoms with van der Waals surface area (Å²) in [6.07, 6.45) is 1.88. The van der Waals surface area contributed by atoms with Gasteiger partial charge in [0.25, 0.3) is 5.91 Å². The molecule has 0 spiro atoms. The summed E-state index contributed by atoms with van der Waals surface area (Å²) in [7, 11) is 0. The lowest BCUT2D eigenvalue weighted by molar-refractivity contribution is -0.121. The Kier molecular flexibility index (Phi) is 5.71. The summed E-state index contributed by atoms with van der Waals surface area (Å²) in [6.45, 7) is 0.151. The zero-order valence-electron chi connectivity index (χ0n) is 15.7. The number of nitrogens with one attached hydrogen (secondary N) is 1. The molecule has 1 N–H and O–H groups in total. The zero-order valence-corrected chi connectivity index (χ0v) is 16.5. The van der Waals surface area contributed by atoms with Crippen LogP contribution in [0.5, 0.6) is 5.75 Å². The summed E-state index contributed by atoms with van der Waals surface area (Å²) in [6, 6.07) is 10.6. The van der Waals surface area contributed by atoms with E-state index in [0.717, 1.165) is 10.9 Å². The number of hydrogen-bond acceptors (Lipinski definition) is 5. The molecule has 2 aromatic carbocycles. The molecule has 1 aliphatic rings. The fourth-order valence-corrected chi connectivity index (χ4v) is 3.95. The van der Waals surface area contributed by atoms with E-state index in [1.54, 1.807) is 24.4 Å². The van der Waals surface area contributed by atoms with Crippen molar-refractivity contribution in [2.45, 2.75) is 12.8 Å². The summed E-state index contributed by atoms with van der Waals surface area (Å²) >= 11 is 1.22. The number of aromatic nitrogens is 1. The molecule has 0 atom stereocenters. The SMILES string of the molecule is O=C(CCN1C(=O)COc2ccccc21)Nc1ncc(Cc2ccc(F)cc2F)s1. The number of carbonyl (C=O) groups excluding carboxylic acids is 2. The van der Waals surface area contributed by atoms with Crippen molar-refractivity contribution < 1.29 is 23.1 Å². The first-order valence-corrected chi connectivity index (χ1v) is 10.0.